The molecule has 0 fully saturated rings. The summed E-state index contributed by atoms with van der Waals surface area (Å²) in [6, 6.07) is 12.8. The number of hydrogen-bond acceptors (Lipinski definition) is 7. The van der Waals surface area contributed by atoms with Gasteiger partial charge in [0.05, 0.1) is 15.5 Å². The average Bonchev–Trinajstić information content (AvgIpc) is 3.22. The van der Waals surface area contributed by atoms with Crippen molar-refractivity contribution >= 4 is 41.1 Å². The summed E-state index contributed by atoms with van der Waals surface area (Å²) in [5.41, 5.74) is 0.486. The molecule has 0 aliphatic rings. The number of anilines is 1. The van der Waals surface area contributed by atoms with Crippen LogP contribution in [0.25, 0.3) is 11.3 Å². The Balaban J connectivity index is 1.66. The number of nitrogens with zero attached hydrogens (tertiary/aromatic N) is 1. The fraction of sp³-hybridized carbons (Fsp3) is 0.0500. The zero-order valence-electron chi connectivity index (χ0n) is 15.2. The van der Waals surface area contributed by atoms with Gasteiger partial charge in [-0.2, -0.15) is 0 Å². The molecule has 0 spiro atoms. The van der Waals surface area contributed by atoms with Crippen molar-refractivity contribution in [2.75, 3.05) is 11.9 Å². The number of nitro benzene ring substituents is 1. The summed E-state index contributed by atoms with van der Waals surface area (Å²) in [6.07, 6.45) is 0.550. The topological polar surface area (TPSA) is 129 Å². The number of halogens is 1. The molecule has 10 heteroatoms. The van der Waals surface area contributed by atoms with Gasteiger partial charge in [-0.15, -0.1) is 0 Å². The first-order chi connectivity index (χ1) is 14.4. The zero-order chi connectivity index (χ0) is 21.7. The van der Waals surface area contributed by atoms with Crippen LogP contribution in [0, 0.1) is 10.1 Å². The molecular formula is C20H13ClN2O7. The molecule has 1 aromatic heterocycles. The number of carbonyl (C=O) groups is 3. The quantitative estimate of drug-likeness (QED) is 0.259. The van der Waals surface area contributed by atoms with Crippen molar-refractivity contribution in [3.8, 4) is 11.3 Å². The molecule has 0 aliphatic heterocycles. The van der Waals surface area contributed by atoms with Crippen LogP contribution in [0.5, 0.6) is 0 Å². The lowest BCUT2D eigenvalue weighted by molar-refractivity contribution is -0.384. The minimum Gasteiger partial charge on any atom is -0.453 e. The summed E-state index contributed by atoms with van der Waals surface area (Å²) in [6.45, 7) is -0.627. The van der Waals surface area contributed by atoms with Gasteiger partial charge in [-0.3, -0.25) is 19.7 Å². The Kier molecular flexibility index (Phi) is 6.23. The average molecular weight is 429 g/mol. The number of furan rings is 1. The van der Waals surface area contributed by atoms with Gasteiger partial charge in [-0.1, -0.05) is 17.7 Å². The molecule has 152 valence electrons. The SMILES string of the molecule is O=Cc1ccc(-c2ccc(Cl)c(C(=O)OCC(=O)Nc3cccc([N+](=O)[O-])c3)c2)o1. The van der Waals surface area contributed by atoms with Crippen molar-refractivity contribution in [1.29, 1.82) is 0 Å². The molecule has 0 saturated carbocycles. The van der Waals surface area contributed by atoms with Crippen LogP contribution in [-0.2, 0) is 9.53 Å². The molecular weight excluding hydrogens is 416 g/mol. The van der Waals surface area contributed by atoms with Gasteiger partial charge in [0.25, 0.3) is 11.6 Å². The lowest BCUT2D eigenvalue weighted by Crippen LogP contribution is -2.21. The molecule has 1 heterocycles. The first-order valence-corrected chi connectivity index (χ1v) is 8.81. The van der Waals surface area contributed by atoms with Crippen LogP contribution in [0.1, 0.15) is 20.9 Å². The molecule has 3 rings (SSSR count). The number of nitro groups is 1. The fourth-order valence-corrected chi connectivity index (χ4v) is 2.70. The van der Waals surface area contributed by atoms with E-state index in [1.54, 1.807) is 12.1 Å². The number of rotatable bonds is 7. The molecule has 0 bridgehead atoms. The molecule has 1 N–H and O–H groups in total. The monoisotopic (exact) mass is 428 g/mol. The van der Waals surface area contributed by atoms with Crippen LogP contribution >= 0.6 is 11.6 Å². The third-order valence-corrected chi connectivity index (χ3v) is 4.22. The molecule has 2 aromatic carbocycles. The van der Waals surface area contributed by atoms with E-state index in [4.69, 9.17) is 20.8 Å². The number of hydrogen-bond donors (Lipinski definition) is 1. The van der Waals surface area contributed by atoms with Gasteiger partial charge >= 0.3 is 5.97 Å². The van der Waals surface area contributed by atoms with E-state index in [1.807, 2.05) is 0 Å². The molecule has 0 atom stereocenters. The Morgan fingerprint density at radius 1 is 1.17 bits per heavy atom. The van der Waals surface area contributed by atoms with E-state index in [2.05, 4.69) is 5.32 Å². The van der Waals surface area contributed by atoms with E-state index in [9.17, 15) is 24.5 Å². The second-order valence-corrected chi connectivity index (χ2v) is 6.35. The number of amides is 1. The fourth-order valence-electron chi connectivity index (χ4n) is 2.51. The summed E-state index contributed by atoms with van der Waals surface area (Å²) in [5, 5.41) is 13.3. The van der Waals surface area contributed by atoms with E-state index in [0.29, 0.717) is 17.6 Å². The lowest BCUT2D eigenvalue weighted by atomic mass is 10.1. The molecule has 30 heavy (non-hydrogen) atoms. The van der Waals surface area contributed by atoms with Crippen molar-refractivity contribution in [1.82, 2.24) is 0 Å². The van der Waals surface area contributed by atoms with Gasteiger partial charge in [0.1, 0.15) is 5.76 Å². The van der Waals surface area contributed by atoms with Gasteiger partial charge in [0.2, 0.25) is 0 Å². The zero-order valence-corrected chi connectivity index (χ0v) is 15.9. The predicted octanol–water partition coefficient (Wildman–Crippen LogP) is 4.12. The molecule has 0 radical (unpaired) electrons. The van der Waals surface area contributed by atoms with Gasteiger partial charge in [0, 0.05) is 23.4 Å². The van der Waals surface area contributed by atoms with Gasteiger partial charge in [0.15, 0.2) is 18.7 Å². The highest BCUT2D eigenvalue weighted by Crippen LogP contribution is 2.27. The standard InChI is InChI=1S/C20H13ClN2O7/c21-17-6-4-12(18-7-5-15(10-24)30-18)8-16(17)20(26)29-11-19(25)22-13-2-1-3-14(9-13)23(27)28/h1-10H,11H2,(H,22,25). The Morgan fingerprint density at radius 2 is 1.97 bits per heavy atom. The van der Waals surface area contributed by atoms with E-state index in [0.717, 1.165) is 0 Å². The van der Waals surface area contributed by atoms with E-state index in [1.165, 1.54) is 42.5 Å². The third kappa shape index (κ3) is 4.89. The van der Waals surface area contributed by atoms with Crippen LogP contribution in [0.15, 0.2) is 59.0 Å². The Bertz CT molecular complexity index is 1140. The second kappa shape index (κ2) is 9.01. The van der Waals surface area contributed by atoms with Crippen molar-refractivity contribution in [2.45, 2.75) is 0 Å². The van der Waals surface area contributed by atoms with Crippen LogP contribution in [-0.4, -0.2) is 29.7 Å². The second-order valence-electron chi connectivity index (χ2n) is 5.95. The van der Waals surface area contributed by atoms with Crippen LogP contribution < -0.4 is 5.32 Å². The van der Waals surface area contributed by atoms with Crippen molar-refractivity contribution in [3.63, 3.8) is 0 Å². The first-order valence-electron chi connectivity index (χ1n) is 8.44. The highest BCUT2D eigenvalue weighted by molar-refractivity contribution is 6.33. The molecule has 0 aliphatic carbocycles. The number of esters is 1. The van der Waals surface area contributed by atoms with Gasteiger partial charge in [-0.05, 0) is 36.4 Å². The molecule has 0 unspecified atom stereocenters. The molecule has 9 nitrogen and oxygen atoms in total. The minimum absolute atomic E-state index is 0.00127. The molecule has 0 saturated heterocycles. The van der Waals surface area contributed by atoms with E-state index < -0.39 is 23.4 Å². The minimum atomic E-state index is -0.849. The third-order valence-electron chi connectivity index (χ3n) is 3.89. The van der Waals surface area contributed by atoms with Crippen LogP contribution in [0.3, 0.4) is 0 Å². The summed E-state index contributed by atoms with van der Waals surface area (Å²) in [5.74, 6) is -1.05. The van der Waals surface area contributed by atoms with Gasteiger partial charge < -0.3 is 14.5 Å². The first kappa shape index (κ1) is 20.7. The lowest BCUT2D eigenvalue weighted by Gasteiger charge is -2.08. The number of aldehydes is 1. The Morgan fingerprint density at radius 3 is 2.67 bits per heavy atom. The van der Waals surface area contributed by atoms with Crippen molar-refractivity contribution < 1.29 is 28.5 Å². The van der Waals surface area contributed by atoms with Crippen LogP contribution in [0.4, 0.5) is 11.4 Å². The molecule has 3 aromatic rings. The maximum absolute atomic E-state index is 12.3. The number of non-ortho nitro benzene ring substituents is 1. The van der Waals surface area contributed by atoms with Gasteiger partial charge in [-0.25, -0.2) is 4.79 Å². The number of ether oxygens (including phenoxy) is 1. The normalized spacial score (nSPS) is 10.3. The summed E-state index contributed by atoms with van der Waals surface area (Å²) < 4.78 is 10.3. The number of nitrogens with one attached hydrogen (secondary N) is 1. The summed E-state index contributed by atoms with van der Waals surface area (Å²) >= 11 is 6.05. The number of benzene rings is 2. The van der Waals surface area contributed by atoms with Crippen molar-refractivity contribution in [3.05, 3.63) is 81.1 Å². The Hall–Kier alpha value is -3.98. The van der Waals surface area contributed by atoms with Crippen LogP contribution in [0.2, 0.25) is 5.02 Å². The maximum atomic E-state index is 12.3. The molecule has 1 amide bonds. The van der Waals surface area contributed by atoms with E-state index in [-0.39, 0.29) is 27.7 Å². The smallest absolute Gasteiger partial charge is 0.340 e. The maximum Gasteiger partial charge on any atom is 0.340 e. The van der Waals surface area contributed by atoms with E-state index >= 15 is 0 Å². The summed E-state index contributed by atoms with van der Waals surface area (Å²) in [4.78, 5) is 45.3. The predicted molar refractivity (Wildman–Crippen MR) is 107 cm³/mol. The summed E-state index contributed by atoms with van der Waals surface area (Å²) in [7, 11) is 0. The van der Waals surface area contributed by atoms with Crippen molar-refractivity contribution in [2.24, 2.45) is 0 Å². The highest BCUT2D eigenvalue weighted by atomic mass is 35.5. The highest BCUT2D eigenvalue weighted by Gasteiger charge is 2.17. The number of carbonyl (C=O) groups excluding carboxylic acids is 3. The Labute approximate surface area is 174 Å². The largest absolute Gasteiger partial charge is 0.453 e.